The summed E-state index contributed by atoms with van der Waals surface area (Å²) in [6.07, 6.45) is 4.49. The second kappa shape index (κ2) is 10.3. The number of fused-ring (bicyclic) bond motifs is 1. The standard InChI is InChI=1S/C30H32N2O3/c33-29(28(23-13-3-1-4-14-23)24-15-5-2-6-16-24)32-20-18-25(21-27(32)30(34)35)31-19-10-9-12-22-11-7-8-17-26(22)31/h1-8,11,13-17,25,27-28H,9-10,12,18-21H2,(H,34,35)/t25-,27+/m1/s1. The van der Waals surface area contributed by atoms with Crippen LogP contribution in [0, 0.1) is 0 Å². The van der Waals surface area contributed by atoms with Gasteiger partial charge in [0.05, 0.1) is 5.92 Å². The molecule has 0 aliphatic carbocycles. The van der Waals surface area contributed by atoms with Crippen molar-refractivity contribution < 1.29 is 14.7 Å². The molecule has 3 aromatic rings. The van der Waals surface area contributed by atoms with E-state index in [9.17, 15) is 14.7 Å². The fourth-order valence-corrected chi connectivity index (χ4v) is 5.76. The highest BCUT2D eigenvalue weighted by molar-refractivity contribution is 5.91. The van der Waals surface area contributed by atoms with Crippen molar-refractivity contribution in [2.45, 2.75) is 50.1 Å². The van der Waals surface area contributed by atoms with Crippen molar-refractivity contribution in [2.24, 2.45) is 0 Å². The zero-order valence-corrected chi connectivity index (χ0v) is 19.9. The Kier molecular flexibility index (Phi) is 6.84. The van der Waals surface area contributed by atoms with Gasteiger partial charge in [0, 0.05) is 24.8 Å². The Morgan fingerprint density at radius 2 is 1.43 bits per heavy atom. The maximum Gasteiger partial charge on any atom is 0.326 e. The molecule has 1 amide bonds. The van der Waals surface area contributed by atoms with Crippen LogP contribution in [0.25, 0.3) is 0 Å². The number of amides is 1. The molecule has 2 aliphatic rings. The molecule has 0 aromatic heterocycles. The molecule has 1 N–H and O–H groups in total. The molecule has 0 saturated carbocycles. The van der Waals surface area contributed by atoms with Gasteiger partial charge in [-0.25, -0.2) is 4.79 Å². The van der Waals surface area contributed by atoms with E-state index in [0.717, 1.165) is 43.4 Å². The second-order valence-electron chi connectivity index (χ2n) is 9.60. The van der Waals surface area contributed by atoms with Gasteiger partial charge in [-0.05, 0) is 54.9 Å². The molecule has 1 fully saturated rings. The highest BCUT2D eigenvalue weighted by Gasteiger charge is 2.41. The third-order valence-electron chi connectivity index (χ3n) is 7.49. The van der Waals surface area contributed by atoms with Crippen molar-refractivity contribution in [3.05, 3.63) is 102 Å². The molecule has 2 heterocycles. The predicted octanol–water partition coefficient (Wildman–Crippen LogP) is 5.11. The molecule has 2 aliphatic heterocycles. The minimum Gasteiger partial charge on any atom is -0.480 e. The van der Waals surface area contributed by atoms with Crippen LogP contribution in [0.5, 0.6) is 0 Å². The number of likely N-dealkylation sites (tertiary alicyclic amines) is 1. The van der Waals surface area contributed by atoms with Crippen LogP contribution in [-0.2, 0) is 16.0 Å². The molecule has 0 radical (unpaired) electrons. The summed E-state index contributed by atoms with van der Waals surface area (Å²) in [5.41, 5.74) is 4.33. The van der Waals surface area contributed by atoms with Crippen molar-refractivity contribution >= 4 is 17.6 Å². The Morgan fingerprint density at radius 3 is 2.09 bits per heavy atom. The monoisotopic (exact) mass is 468 g/mol. The van der Waals surface area contributed by atoms with Crippen LogP contribution in [-0.4, -0.2) is 47.1 Å². The first kappa shape index (κ1) is 23.2. The van der Waals surface area contributed by atoms with Gasteiger partial charge in [-0.15, -0.1) is 0 Å². The lowest BCUT2D eigenvalue weighted by atomic mass is 9.87. The van der Waals surface area contributed by atoms with Crippen molar-refractivity contribution in [3.8, 4) is 0 Å². The lowest BCUT2D eigenvalue weighted by Crippen LogP contribution is -2.56. The highest BCUT2D eigenvalue weighted by Crippen LogP contribution is 2.35. The van der Waals surface area contributed by atoms with E-state index in [1.165, 1.54) is 11.3 Å². The van der Waals surface area contributed by atoms with Crippen LogP contribution in [0.1, 0.15) is 48.3 Å². The van der Waals surface area contributed by atoms with Crippen LogP contribution < -0.4 is 4.90 Å². The number of anilines is 1. The summed E-state index contributed by atoms with van der Waals surface area (Å²) in [5.74, 6) is -1.58. The molecular formula is C30H32N2O3. The number of aryl methyl sites for hydroxylation is 1. The number of para-hydroxylation sites is 1. The highest BCUT2D eigenvalue weighted by atomic mass is 16.4. The first-order valence-electron chi connectivity index (χ1n) is 12.6. The number of carbonyl (C=O) groups is 2. The number of hydrogen-bond acceptors (Lipinski definition) is 3. The van der Waals surface area contributed by atoms with Crippen molar-refractivity contribution in [1.29, 1.82) is 0 Å². The Bertz CT molecular complexity index is 1120. The quantitative estimate of drug-likeness (QED) is 0.566. The van der Waals surface area contributed by atoms with E-state index in [0.29, 0.717) is 13.0 Å². The SMILES string of the molecule is O=C(O)[C@@H]1C[C@H](N2CCCCc3ccccc32)CCN1C(=O)C(c1ccccc1)c1ccccc1. The van der Waals surface area contributed by atoms with Crippen molar-refractivity contribution in [2.75, 3.05) is 18.0 Å². The fraction of sp³-hybridized carbons (Fsp3) is 0.333. The van der Waals surface area contributed by atoms with Gasteiger partial charge in [-0.1, -0.05) is 78.9 Å². The minimum absolute atomic E-state index is 0.103. The van der Waals surface area contributed by atoms with Gasteiger partial charge >= 0.3 is 5.97 Å². The van der Waals surface area contributed by atoms with E-state index >= 15 is 0 Å². The van der Waals surface area contributed by atoms with Crippen LogP contribution in [0.4, 0.5) is 5.69 Å². The van der Waals surface area contributed by atoms with Crippen molar-refractivity contribution in [1.82, 2.24) is 4.90 Å². The number of carboxylic acids is 1. The van der Waals surface area contributed by atoms with Gasteiger partial charge in [0.25, 0.3) is 0 Å². The molecule has 35 heavy (non-hydrogen) atoms. The van der Waals surface area contributed by atoms with E-state index in [4.69, 9.17) is 0 Å². The average Bonchev–Trinajstić information content (AvgIpc) is 3.12. The van der Waals surface area contributed by atoms with E-state index in [-0.39, 0.29) is 11.9 Å². The van der Waals surface area contributed by atoms with Gasteiger partial charge in [-0.2, -0.15) is 0 Å². The average molecular weight is 469 g/mol. The molecule has 2 atom stereocenters. The summed E-state index contributed by atoms with van der Waals surface area (Å²) in [5, 5.41) is 10.2. The number of piperidine rings is 1. The summed E-state index contributed by atoms with van der Waals surface area (Å²) in [6.45, 7) is 1.37. The summed E-state index contributed by atoms with van der Waals surface area (Å²) in [4.78, 5) is 30.5. The number of hydrogen-bond donors (Lipinski definition) is 1. The van der Waals surface area contributed by atoms with Crippen LogP contribution in [0.15, 0.2) is 84.9 Å². The van der Waals surface area contributed by atoms with Gasteiger partial charge < -0.3 is 14.9 Å². The Morgan fingerprint density at radius 1 is 0.800 bits per heavy atom. The second-order valence-corrected chi connectivity index (χ2v) is 9.60. The van der Waals surface area contributed by atoms with Gasteiger partial charge in [0.2, 0.25) is 5.91 Å². The third kappa shape index (κ3) is 4.81. The van der Waals surface area contributed by atoms with Crippen LogP contribution >= 0.6 is 0 Å². The molecule has 3 aromatic carbocycles. The maximum atomic E-state index is 14.0. The van der Waals surface area contributed by atoms with Crippen LogP contribution in [0.3, 0.4) is 0 Å². The minimum atomic E-state index is -0.925. The first-order valence-corrected chi connectivity index (χ1v) is 12.6. The predicted molar refractivity (Wildman–Crippen MR) is 138 cm³/mol. The van der Waals surface area contributed by atoms with E-state index < -0.39 is 17.9 Å². The van der Waals surface area contributed by atoms with Gasteiger partial charge in [0.15, 0.2) is 0 Å². The molecule has 0 unspecified atom stereocenters. The summed E-state index contributed by atoms with van der Waals surface area (Å²) >= 11 is 0. The maximum absolute atomic E-state index is 14.0. The molecule has 5 rings (SSSR count). The molecule has 5 heteroatoms. The molecule has 180 valence electrons. The van der Waals surface area contributed by atoms with Crippen LogP contribution in [0.2, 0.25) is 0 Å². The van der Waals surface area contributed by atoms with Gasteiger partial charge in [-0.3, -0.25) is 4.79 Å². The van der Waals surface area contributed by atoms with E-state index in [1.54, 1.807) is 4.90 Å². The zero-order valence-electron chi connectivity index (χ0n) is 19.9. The molecule has 1 saturated heterocycles. The lowest BCUT2D eigenvalue weighted by Gasteiger charge is -2.44. The summed E-state index contributed by atoms with van der Waals surface area (Å²) < 4.78 is 0. The normalized spacial score (nSPS) is 20.3. The first-order chi connectivity index (χ1) is 17.1. The Hall–Kier alpha value is -3.60. The number of rotatable bonds is 5. The number of benzene rings is 3. The number of carboxylic acid groups (broad SMARTS) is 1. The number of carbonyl (C=O) groups excluding carboxylic acids is 1. The molecule has 0 bridgehead atoms. The van der Waals surface area contributed by atoms with Gasteiger partial charge in [0.1, 0.15) is 6.04 Å². The topological polar surface area (TPSA) is 60.9 Å². The summed E-state index contributed by atoms with van der Waals surface area (Å²) in [6, 6.07) is 27.1. The number of aliphatic carboxylic acids is 1. The zero-order chi connectivity index (χ0) is 24.2. The molecule has 5 nitrogen and oxygen atoms in total. The molecule has 0 spiro atoms. The summed E-state index contributed by atoms with van der Waals surface area (Å²) in [7, 11) is 0. The fourth-order valence-electron chi connectivity index (χ4n) is 5.76. The third-order valence-corrected chi connectivity index (χ3v) is 7.49. The van der Waals surface area contributed by atoms with E-state index in [2.05, 4.69) is 29.2 Å². The van der Waals surface area contributed by atoms with E-state index in [1.807, 2.05) is 60.7 Å². The number of nitrogens with zero attached hydrogens (tertiary/aromatic N) is 2. The van der Waals surface area contributed by atoms with Crippen molar-refractivity contribution in [3.63, 3.8) is 0 Å². The molecular weight excluding hydrogens is 436 g/mol. The Balaban J connectivity index is 1.43. The lowest BCUT2D eigenvalue weighted by molar-refractivity contribution is -0.152. The Labute approximate surface area is 207 Å². The largest absolute Gasteiger partial charge is 0.480 e. The smallest absolute Gasteiger partial charge is 0.326 e.